The summed E-state index contributed by atoms with van der Waals surface area (Å²) in [6.07, 6.45) is 12.5. The van der Waals surface area contributed by atoms with E-state index < -0.39 is 27.9 Å². The molecule has 0 bridgehead atoms. The van der Waals surface area contributed by atoms with Crippen molar-refractivity contribution in [2.75, 3.05) is 26.7 Å². The van der Waals surface area contributed by atoms with Gasteiger partial charge in [-0.15, -0.1) is 0 Å². The summed E-state index contributed by atoms with van der Waals surface area (Å²) in [6.45, 7) is 6.19. The summed E-state index contributed by atoms with van der Waals surface area (Å²) < 4.78 is 10.5. The number of esters is 1. The van der Waals surface area contributed by atoms with Crippen LogP contribution in [-0.4, -0.2) is 56.2 Å². The highest BCUT2D eigenvalue weighted by Crippen LogP contribution is 2.40. The molecule has 3 aliphatic carbocycles. The van der Waals surface area contributed by atoms with Crippen molar-refractivity contribution < 1.29 is 28.7 Å². The van der Waals surface area contributed by atoms with E-state index in [1.54, 1.807) is 0 Å². The molecule has 3 amide bonds. The van der Waals surface area contributed by atoms with Crippen LogP contribution in [0.3, 0.4) is 0 Å². The van der Waals surface area contributed by atoms with Crippen molar-refractivity contribution in [3.8, 4) is 0 Å². The number of carbonyl (C=O) groups is 4. The van der Waals surface area contributed by atoms with Crippen molar-refractivity contribution >= 4 is 23.9 Å². The highest BCUT2D eigenvalue weighted by atomic mass is 16.6. The van der Waals surface area contributed by atoms with E-state index in [2.05, 4.69) is 16.0 Å². The summed E-state index contributed by atoms with van der Waals surface area (Å²) in [7, 11) is 1.41. The highest BCUT2D eigenvalue weighted by Gasteiger charge is 2.46. The Bertz CT molecular complexity index is 862. The van der Waals surface area contributed by atoms with Crippen LogP contribution >= 0.6 is 0 Å². The summed E-state index contributed by atoms with van der Waals surface area (Å²) in [5.74, 6) is -0.430. The Morgan fingerprint density at radius 3 is 1.33 bits per heavy atom. The molecule has 3 aliphatic rings. The number of nitrogens with one attached hydrogen (secondary N) is 3. The fourth-order valence-corrected chi connectivity index (χ4v) is 6.75. The Morgan fingerprint density at radius 2 is 0.949 bits per heavy atom. The maximum Gasteiger partial charge on any atom is 0.407 e. The Balaban J connectivity index is 1.68. The van der Waals surface area contributed by atoms with Crippen LogP contribution < -0.4 is 16.0 Å². The van der Waals surface area contributed by atoms with Gasteiger partial charge >= 0.3 is 12.1 Å². The van der Waals surface area contributed by atoms with Gasteiger partial charge < -0.3 is 25.4 Å². The van der Waals surface area contributed by atoms with Crippen molar-refractivity contribution in [3.63, 3.8) is 0 Å². The van der Waals surface area contributed by atoms with Crippen molar-refractivity contribution in [3.05, 3.63) is 0 Å². The van der Waals surface area contributed by atoms with Crippen molar-refractivity contribution in [2.45, 2.75) is 123 Å². The number of amides is 3. The summed E-state index contributed by atoms with van der Waals surface area (Å²) in [5, 5.41) is 9.12. The number of hydrogen-bond donors (Lipinski definition) is 3. The predicted molar refractivity (Wildman–Crippen MR) is 149 cm³/mol. The number of ether oxygens (including phenoxy) is 2. The molecule has 9 nitrogen and oxygen atoms in total. The molecule has 0 atom stereocenters. The van der Waals surface area contributed by atoms with Gasteiger partial charge in [-0.25, -0.2) is 4.79 Å². The maximum absolute atomic E-state index is 13.7. The van der Waals surface area contributed by atoms with E-state index in [4.69, 9.17) is 9.47 Å². The number of alkyl carbamates (subject to hydrolysis) is 1. The summed E-state index contributed by atoms with van der Waals surface area (Å²) in [4.78, 5) is 52.5. The van der Waals surface area contributed by atoms with Gasteiger partial charge in [0.25, 0.3) is 0 Å². The van der Waals surface area contributed by atoms with E-state index in [9.17, 15) is 19.2 Å². The number of methoxy groups -OCH3 is 1. The third-order valence-corrected chi connectivity index (χ3v) is 9.16. The molecule has 222 valence electrons. The van der Waals surface area contributed by atoms with Gasteiger partial charge in [-0.1, -0.05) is 57.8 Å². The minimum absolute atomic E-state index is 0.0825. The number of hydrogen-bond acceptors (Lipinski definition) is 6. The Kier molecular flexibility index (Phi) is 10.7. The molecule has 3 fully saturated rings. The van der Waals surface area contributed by atoms with Crippen LogP contribution in [0.5, 0.6) is 0 Å². The molecule has 3 N–H and O–H groups in total. The van der Waals surface area contributed by atoms with Crippen LogP contribution in [0.2, 0.25) is 0 Å². The first-order valence-corrected chi connectivity index (χ1v) is 15.1. The fraction of sp³-hybridized carbons (Fsp3) is 0.867. The number of carbonyl (C=O) groups excluding carboxylic acids is 4. The average molecular weight is 550 g/mol. The van der Waals surface area contributed by atoms with Crippen molar-refractivity contribution in [2.24, 2.45) is 16.2 Å². The third-order valence-electron chi connectivity index (χ3n) is 9.16. The van der Waals surface area contributed by atoms with Crippen LogP contribution in [0.1, 0.15) is 117 Å². The molecule has 0 spiro atoms. The van der Waals surface area contributed by atoms with Crippen LogP contribution in [0.15, 0.2) is 0 Å². The van der Waals surface area contributed by atoms with Crippen molar-refractivity contribution in [1.29, 1.82) is 0 Å². The van der Waals surface area contributed by atoms with E-state index in [-0.39, 0.29) is 37.4 Å². The van der Waals surface area contributed by atoms with Crippen LogP contribution in [0.4, 0.5) is 4.79 Å². The summed E-state index contributed by atoms with van der Waals surface area (Å²) in [6, 6.07) is 0. The highest BCUT2D eigenvalue weighted by molar-refractivity contribution is 5.87. The zero-order valence-corrected chi connectivity index (χ0v) is 24.7. The van der Waals surface area contributed by atoms with E-state index in [0.29, 0.717) is 25.7 Å². The lowest BCUT2D eigenvalue weighted by molar-refractivity contribution is -0.155. The Labute approximate surface area is 234 Å². The molecule has 0 aromatic carbocycles. The van der Waals surface area contributed by atoms with Crippen molar-refractivity contribution in [1.82, 2.24) is 16.0 Å². The quantitative estimate of drug-likeness (QED) is 0.356. The average Bonchev–Trinajstić information content (AvgIpc) is 2.93. The standard InChI is InChI=1S/C30H51N3O6/c1-27(2,3)39-26(37)33-21-29(16-10-6-11-17-29)24(35)31-20-28(14-8-5-9-15-28)23(34)32-22-30(25(36)38-4)18-12-7-13-19-30/h5-22H2,1-4H3,(H,31,35)(H,32,34)(H,33,37). The lowest BCUT2D eigenvalue weighted by Crippen LogP contribution is -2.56. The van der Waals surface area contributed by atoms with Gasteiger partial charge in [0.1, 0.15) is 5.60 Å². The van der Waals surface area contributed by atoms with Gasteiger partial charge in [-0.2, -0.15) is 0 Å². The van der Waals surface area contributed by atoms with Gasteiger partial charge in [0.05, 0.1) is 23.4 Å². The second-order valence-electron chi connectivity index (χ2n) is 13.2. The molecule has 0 aromatic heterocycles. The molecule has 3 saturated carbocycles. The molecule has 0 aromatic rings. The van der Waals surface area contributed by atoms with Crippen LogP contribution in [-0.2, 0) is 23.9 Å². The maximum atomic E-state index is 13.7. The SMILES string of the molecule is COC(=O)C1(CNC(=O)C2(CNC(=O)C3(CNC(=O)OC(C)(C)C)CCCCC3)CCCCC2)CCCCC1. The zero-order chi connectivity index (χ0) is 28.6. The lowest BCUT2D eigenvalue weighted by Gasteiger charge is -2.41. The minimum Gasteiger partial charge on any atom is -0.469 e. The fourth-order valence-electron chi connectivity index (χ4n) is 6.75. The molecule has 0 unspecified atom stereocenters. The van der Waals surface area contributed by atoms with Gasteiger partial charge in [-0.3, -0.25) is 14.4 Å². The summed E-state index contributed by atoms with van der Waals surface area (Å²) >= 11 is 0. The molecule has 0 saturated heterocycles. The topological polar surface area (TPSA) is 123 Å². The monoisotopic (exact) mass is 549 g/mol. The van der Waals surface area contributed by atoms with E-state index in [1.165, 1.54) is 7.11 Å². The second-order valence-corrected chi connectivity index (χ2v) is 13.2. The second kappa shape index (κ2) is 13.4. The van der Waals surface area contributed by atoms with E-state index >= 15 is 0 Å². The largest absolute Gasteiger partial charge is 0.469 e. The molecular formula is C30H51N3O6. The van der Waals surface area contributed by atoms with Crippen LogP contribution in [0, 0.1) is 16.2 Å². The van der Waals surface area contributed by atoms with E-state index in [1.807, 2.05) is 20.8 Å². The number of rotatable bonds is 9. The molecule has 3 rings (SSSR count). The van der Waals surface area contributed by atoms with Gasteiger partial charge in [-0.05, 0) is 59.3 Å². The first-order chi connectivity index (χ1) is 18.5. The molecular weight excluding hydrogens is 498 g/mol. The Hall–Kier alpha value is -2.32. The minimum atomic E-state index is -0.710. The smallest absolute Gasteiger partial charge is 0.407 e. The zero-order valence-electron chi connectivity index (χ0n) is 24.7. The molecule has 0 aliphatic heterocycles. The van der Waals surface area contributed by atoms with Gasteiger partial charge in [0.2, 0.25) is 11.8 Å². The molecule has 9 heteroatoms. The first-order valence-electron chi connectivity index (χ1n) is 15.1. The normalized spacial score (nSPS) is 22.2. The predicted octanol–water partition coefficient (Wildman–Crippen LogP) is 4.77. The summed E-state index contributed by atoms with van der Waals surface area (Å²) in [5.41, 5.74) is -2.69. The van der Waals surface area contributed by atoms with Gasteiger partial charge in [0.15, 0.2) is 0 Å². The molecule has 0 heterocycles. The molecule has 0 radical (unpaired) electrons. The third kappa shape index (κ3) is 8.10. The van der Waals surface area contributed by atoms with E-state index in [0.717, 1.165) is 70.6 Å². The first kappa shape index (κ1) is 31.2. The van der Waals surface area contributed by atoms with Crippen LogP contribution in [0.25, 0.3) is 0 Å². The van der Waals surface area contributed by atoms with Gasteiger partial charge in [0, 0.05) is 19.6 Å². The lowest BCUT2D eigenvalue weighted by atomic mass is 9.70. The molecule has 39 heavy (non-hydrogen) atoms. The Morgan fingerprint density at radius 1 is 0.590 bits per heavy atom.